The van der Waals surface area contributed by atoms with Crippen LogP contribution in [0.25, 0.3) is 0 Å². The number of amides is 1. The predicted octanol–water partition coefficient (Wildman–Crippen LogP) is 4.03. The molecule has 1 atom stereocenters. The van der Waals surface area contributed by atoms with Crippen molar-refractivity contribution in [2.75, 3.05) is 7.05 Å². The number of primary amides is 1. The molecular formula is C27H25BN2O7. The van der Waals surface area contributed by atoms with E-state index in [9.17, 15) is 15.0 Å². The molecule has 0 saturated heterocycles. The van der Waals surface area contributed by atoms with Gasteiger partial charge in [0.2, 0.25) is 5.91 Å². The zero-order valence-electron chi connectivity index (χ0n) is 20.0. The van der Waals surface area contributed by atoms with Gasteiger partial charge in [0, 0.05) is 23.6 Å². The average molecular weight is 500 g/mol. The van der Waals surface area contributed by atoms with Gasteiger partial charge in [0.15, 0.2) is 0 Å². The Balaban J connectivity index is 1.29. The molecule has 1 aliphatic heterocycles. The zero-order chi connectivity index (χ0) is 25.9. The molecule has 1 aliphatic carbocycles. The molecule has 0 spiro atoms. The molecular weight excluding hydrogens is 475 g/mol. The summed E-state index contributed by atoms with van der Waals surface area (Å²) in [5.74, 6) is 0.691. The molecule has 188 valence electrons. The molecule has 9 nitrogen and oxygen atoms in total. The Morgan fingerprint density at radius 2 is 1.70 bits per heavy atom. The van der Waals surface area contributed by atoms with E-state index < -0.39 is 13.0 Å². The van der Waals surface area contributed by atoms with Crippen molar-refractivity contribution in [2.45, 2.75) is 18.9 Å². The maximum Gasteiger partial charge on any atom is 0.636 e. The first-order chi connectivity index (χ1) is 17.9. The van der Waals surface area contributed by atoms with Crippen molar-refractivity contribution in [1.29, 1.82) is 0 Å². The molecule has 1 heterocycles. The van der Waals surface area contributed by atoms with Crippen molar-refractivity contribution < 1.29 is 33.8 Å². The van der Waals surface area contributed by atoms with E-state index in [0.29, 0.717) is 28.3 Å². The summed E-state index contributed by atoms with van der Waals surface area (Å²) >= 11 is 0. The van der Waals surface area contributed by atoms with Gasteiger partial charge in [-0.1, -0.05) is 30.3 Å². The number of carbonyl (C=O) groups is 1. The smallest absolute Gasteiger partial charge is 0.494 e. The van der Waals surface area contributed by atoms with Gasteiger partial charge in [-0.15, -0.1) is 0 Å². The number of hydrogen-bond donors (Lipinski definition) is 3. The second-order valence-electron chi connectivity index (χ2n) is 8.70. The Morgan fingerprint density at radius 3 is 2.41 bits per heavy atom. The Morgan fingerprint density at radius 1 is 1.00 bits per heavy atom. The summed E-state index contributed by atoms with van der Waals surface area (Å²) in [6.07, 6.45) is 4.02. The van der Waals surface area contributed by atoms with Crippen molar-refractivity contribution >= 4 is 18.5 Å². The van der Waals surface area contributed by atoms with Crippen molar-refractivity contribution in [2.24, 2.45) is 5.73 Å². The van der Waals surface area contributed by atoms with Crippen molar-refractivity contribution in [1.82, 2.24) is 4.90 Å². The highest BCUT2D eigenvalue weighted by Gasteiger charge is 2.31. The summed E-state index contributed by atoms with van der Waals surface area (Å²) in [4.78, 5) is 12.9. The summed E-state index contributed by atoms with van der Waals surface area (Å²) in [7, 11) is 0.582. The zero-order valence-corrected chi connectivity index (χ0v) is 20.0. The molecule has 10 heteroatoms. The number of hydrogen-bond acceptors (Lipinski definition) is 8. The molecule has 3 aromatic rings. The third kappa shape index (κ3) is 5.43. The fraction of sp³-hybridized carbons (Fsp3) is 0.148. The van der Waals surface area contributed by atoms with Crippen molar-refractivity contribution in [3.63, 3.8) is 0 Å². The summed E-state index contributed by atoms with van der Waals surface area (Å²) in [6, 6.07) is 19.7. The van der Waals surface area contributed by atoms with Gasteiger partial charge in [-0.25, -0.2) is 0 Å². The van der Waals surface area contributed by atoms with Crippen LogP contribution in [0.5, 0.6) is 17.2 Å². The molecule has 4 N–H and O–H groups in total. The van der Waals surface area contributed by atoms with Crippen LogP contribution in [0.15, 0.2) is 91.0 Å². The average Bonchev–Trinajstić information content (AvgIpc) is 3.27. The highest BCUT2D eigenvalue weighted by atomic mass is 16.7. The van der Waals surface area contributed by atoms with E-state index in [1.165, 1.54) is 17.3 Å². The van der Waals surface area contributed by atoms with Crippen LogP contribution in [-0.4, -0.2) is 35.2 Å². The second-order valence-corrected chi connectivity index (χ2v) is 8.70. The molecule has 0 aromatic heterocycles. The third-order valence-electron chi connectivity index (χ3n) is 6.03. The van der Waals surface area contributed by atoms with Gasteiger partial charge >= 0.3 is 7.12 Å². The van der Waals surface area contributed by atoms with E-state index in [2.05, 4.69) is 0 Å². The summed E-state index contributed by atoms with van der Waals surface area (Å²) in [6.45, 7) is 0. The first kappa shape index (κ1) is 24.0. The first-order valence-corrected chi connectivity index (χ1v) is 11.7. The monoisotopic (exact) mass is 500 g/mol. The molecule has 3 aromatic carbocycles. The molecule has 0 unspecified atom stereocenters. The van der Waals surface area contributed by atoms with Crippen molar-refractivity contribution in [3.05, 3.63) is 108 Å². The summed E-state index contributed by atoms with van der Waals surface area (Å²) in [5, 5.41) is 19.9. The lowest BCUT2D eigenvalue weighted by Gasteiger charge is -2.20. The van der Waals surface area contributed by atoms with Gasteiger partial charge < -0.3 is 39.6 Å². The largest absolute Gasteiger partial charge is 0.636 e. The van der Waals surface area contributed by atoms with Gasteiger partial charge in [-0.05, 0) is 54.8 Å². The van der Waals surface area contributed by atoms with Crippen LogP contribution in [0.4, 0.5) is 0 Å². The van der Waals surface area contributed by atoms with Crippen LogP contribution >= 0.6 is 0 Å². The molecule has 0 bridgehead atoms. The number of carbonyl (C=O) groups excluding carboxylic acids is 1. The number of fused-ring (bicyclic) bond motifs is 1. The number of rotatable bonds is 6. The minimum atomic E-state index is -1.03. The van der Waals surface area contributed by atoms with Crippen LogP contribution in [0, 0.1) is 0 Å². The Labute approximate surface area is 214 Å². The van der Waals surface area contributed by atoms with Crippen molar-refractivity contribution in [3.8, 4) is 17.2 Å². The Hall–Kier alpha value is -4.73. The van der Waals surface area contributed by atoms with Crippen LogP contribution in [-0.2, 0) is 15.7 Å². The van der Waals surface area contributed by atoms with Crippen LogP contribution < -0.4 is 20.7 Å². The SMILES string of the molecule is CN1C=C(O)OB(c2ccc(O[C@@H]3CCc4c(Oc5cccc(C(N)=O)c5)cccc43)cc2)O/C(O)=C\1. The normalized spacial score (nSPS) is 18.2. The lowest BCUT2D eigenvalue weighted by molar-refractivity contribution is 0.0999. The summed E-state index contributed by atoms with van der Waals surface area (Å²) in [5.41, 5.74) is 8.44. The molecule has 37 heavy (non-hydrogen) atoms. The molecule has 0 radical (unpaired) electrons. The second kappa shape index (κ2) is 10.1. The standard InChI is InChI=1S/C27H25BN2O7/c1-30-15-25(31)36-28(37-26(32)16-30)18-8-10-19(11-9-18)34-24-13-12-22-21(24)6-3-7-23(22)35-20-5-2-4-17(14-20)27(29)33/h2-11,14-16,24,31-32H,12-13H2,1H3,(H2,29,33)/b25-15-,26-16?/t24-/m1/s1. The summed E-state index contributed by atoms with van der Waals surface area (Å²) < 4.78 is 23.2. The molecule has 2 aliphatic rings. The van der Waals surface area contributed by atoms with E-state index in [4.69, 9.17) is 24.5 Å². The lowest BCUT2D eigenvalue weighted by atomic mass is 9.79. The first-order valence-electron chi connectivity index (χ1n) is 11.7. The fourth-order valence-corrected chi connectivity index (χ4v) is 4.33. The number of ether oxygens (including phenoxy) is 2. The molecule has 0 fully saturated rings. The van der Waals surface area contributed by atoms with Gasteiger partial charge in [-0.3, -0.25) is 4.79 Å². The van der Waals surface area contributed by atoms with E-state index in [1.807, 2.05) is 18.2 Å². The number of aliphatic hydroxyl groups is 2. The highest BCUT2D eigenvalue weighted by Crippen LogP contribution is 2.40. The highest BCUT2D eigenvalue weighted by molar-refractivity contribution is 6.61. The maximum atomic E-state index is 11.5. The van der Waals surface area contributed by atoms with Gasteiger partial charge in [-0.2, -0.15) is 0 Å². The Bertz CT molecular complexity index is 1350. The van der Waals surface area contributed by atoms with Gasteiger partial charge in [0.25, 0.3) is 11.9 Å². The molecule has 0 saturated carbocycles. The number of nitrogens with zero attached hydrogens (tertiary/aromatic N) is 1. The Kier molecular flexibility index (Phi) is 6.55. The van der Waals surface area contributed by atoms with Gasteiger partial charge in [0.1, 0.15) is 23.4 Å². The topological polar surface area (TPSA) is 124 Å². The van der Waals surface area contributed by atoms with E-state index in [0.717, 1.165) is 24.0 Å². The quantitative estimate of drug-likeness (QED) is 0.434. The van der Waals surface area contributed by atoms with Crippen LogP contribution in [0.1, 0.15) is 34.0 Å². The predicted molar refractivity (Wildman–Crippen MR) is 136 cm³/mol. The fourth-order valence-electron chi connectivity index (χ4n) is 4.33. The number of benzene rings is 3. The minimum absolute atomic E-state index is 0.162. The minimum Gasteiger partial charge on any atom is -0.494 e. The third-order valence-corrected chi connectivity index (χ3v) is 6.03. The van der Waals surface area contributed by atoms with E-state index >= 15 is 0 Å². The lowest BCUT2D eigenvalue weighted by Crippen LogP contribution is -2.37. The van der Waals surface area contributed by atoms with Gasteiger partial charge in [0.05, 0.1) is 12.4 Å². The van der Waals surface area contributed by atoms with E-state index in [-0.39, 0.29) is 18.0 Å². The van der Waals surface area contributed by atoms with E-state index in [1.54, 1.807) is 55.6 Å². The molecule has 5 rings (SSSR count). The number of nitrogens with two attached hydrogens (primary N) is 1. The number of aliphatic hydroxyl groups excluding tert-OH is 2. The maximum absolute atomic E-state index is 11.5. The van der Waals surface area contributed by atoms with Crippen LogP contribution in [0.2, 0.25) is 0 Å². The molecule has 1 amide bonds. The van der Waals surface area contributed by atoms with Crippen LogP contribution in [0.3, 0.4) is 0 Å².